The maximum Gasteiger partial charge on any atom is 0.197 e. The Kier molecular flexibility index (Phi) is 4.82. The first-order valence-electron chi connectivity index (χ1n) is 7.05. The smallest absolute Gasteiger partial charge is 0.197 e. The van der Waals surface area contributed by atoms with Crippen LogP contribution in [0.25, 0.3) is 0 Å². The number of nitrogens with one attached hydrogen (secondary N) is 1. The molecule has 6 nitrogen and oxygen atoms in total. The minimum Gasteiger partial charge on any atom is -0.370 e. The molecule has 0 saturated carbocycles. The van der Waals surface area contributed by atoms with Crippen molar-refractivity contribution in [2.75, 3.05) is 11.9 Å². The molecule has 0 aliphatic heterocycles. The Morgan fingerprint density at radius 3 is 2.62 bits per heavy atom. The Morgan fingerprint density at radius 2 is 2.05 bits per heavy atom. The van der Waals surface area contributed by atoms with Gasteiger partial charge in [0.25, 0.3) is 0 Å². The molecule has 114 valence electrons. The summed E-state index contributed by atoms with van der Waals surface area (Å²) in [5.74, 6) is 1.69. The maximum absolute atomic E-state index is 4.66. The van der Waals surface area contributed by atoms with E-state index in [0.29, 0.717) is 0 Å². The Hall–Kier alpha value is -1.63. The number of hydrogen-bond donors (Lipinski definition) is 1. The normalized spacial score (nSPS) is 11.7. The lowest BCUT2D eigenvalue weighted by atomic mass is 9.96. The molecule has 0 radical (unpaired) electrons. The zero-order valence-corrected chi connectivity index (χ0v) is 14.0. The minimum atomic E-state index is -0.0981. The van der Waals surface area contributed by atoms with Crippen molar-refractivity contribution in [2.24, 2.45) is 7.05 Å². The van der Waals surface area contributed by atoms with E-state index in [4.69, 9.17) is 0 Å². The van der Waals surface area contributed by atoms with Crippen molar-refractivity contribution >= 4 is 17.6 Å². The second kappa shape index (κ2) is 6.43. The number of anilines is 1. The average Bonchev–Trinajstić information content (AvgIpc) is 2.81. The predicted molar refractivity (Wildman–Crippen MR) is 84.6 cm³/mol. The van der Waals surface area contributed by atoms with Crippen molar-refractivity contribution in [3.63, 3.8) is 0 Å². The molecule has 2 rings (SSSR count). The van der Waals surface area contributed by atoms with Crippen LogP contribution in [-0.2, 0) is 12.5 Å². The third-order valence-electron chi connectivity index (χ3n) is 2.80. The van der Waals surface area contributed by atoms with Gasteiger partial charge < -0.3 is 9.88 Å². The molecule has 21 heavy (non-hydrogen) atoms. The highest BCUT2D eigenvalue weighted by Gasteiger charge is 2.20. The van der Waals surface area contributed by atoms with Crippen LogP contribution in [0.3, 0.4) is 0 Å². The summed E-state index contributed by atoms with van der Waals surface area (Å²) in [5.41, 5.74) is -0.0981. The molecule has 0 unspecified atom stereocenters. The molecule has 0 bridgehead atoms. The van der Waals surface area contributed by atoms with Crippen LogP contribution in [-0.4, -0.2) is 31.3 Å². The fourth-order valence-electron chi connectivity index (χ4n) is 1.61. The molecule has 2 aromatic heterocycles. The molecule has 0 amide bonds. The third kappa shape index (κ3) is 4.17. The highest BCUT2D eigenvalue weighted by atomic mass is 32.2. The van der Waals surface area contributed by atoms with E-state index in [1.54, 1.807) is 6.33 Å². The third-order valence-corrected chi connectivity index (χ3v) is 3.77. The van der Waals surface area contributed by atoms with Crippen molar-refractivity contribution in [3.8, 4) is 0 Å². The van der Waals surface area contributed by atoms with Gasteiger partial charge in [0.2, 0.25) is 0 Å². The Bertz CT molecular complexity index is 602. The second-order valence-corrected chi connectivity index (χ2v) is 6.91. The molecule has 0 fully saturated rings. The van der Waals surface area contributed by atoms with E-state index >= 15 is 0 Å². The average molecular weight is 306 g/mol. The molecule has 7 heteroatoms. The SMILES string of the molecule is CCCNc1cc(Sc2nncn2C)nc(C(C)(C)C)n1. The van der Waals surface area contributed by atoms with Gasteiger partial charge in [-0.2, -0.15) is 0 Å². The van der Waals surface area contributed by atoms with Crippen molar-refractivity contribution in [3.05, 3.63) is 18.2 Å². The van der Waals surface area contributed by atoms with Gasteiger partial charge in [-0.15, -0.1) is 10.2 Å². The molecule has 0 aromatic carbocycles. The monoisotopic (exact) mass is 306 g/mol. The maximum atomic E-state index is 4.66. The summed E-state index contributed by atoms with van der Waals surface area (Å²) in [7, 11) is 1.92. The lowest BCUT2D eigenvalue weighted by Crippen LogP contribution is -2.18. The number of rotatable bonds is 5. The molecule has 0 aliphatic rings. The van der Waals surface area contributed by atoms with E-state index < -0.39 is 0 Å². The zero-order chi connectivity index (χ0) is 15.5. The highest BCUT2D eigenvalue weighted by molar-refractivity contribution is 7.99. The minimum absolute atomic E-state index is 0.0981. The topological polar surface area (TPSA) is 68.5 Å². The van der Waals surface area contributed by atoms with Crippen molar-refractivity contribution in [1.29, 1.82) is 0 Å². The Labute approximate surface area is 129 Å². The number of hydrogen-bond acceptors (Lipinski definition) is 6. The van der Waals surface area contributed by atoms with Crippen LogP contribution in [0.2, 0.25) is 0 Å². The van der Waals surface area contributed by atoms with Crippen molar-refractivity contribution in [1.82, 2.24) is 24.7 Å². The van der Waals surface area contributed by atoms with Gasteiger partial charge in [0.15, 0.2) is 5.16 Å². The quantitative estimate of drug-likeness (QED) is 0.857. The predicted octanol–water partition coefficient (Wildman–Crippen LogP) is 2.88. The standard InChI is InChI=1S/C14H22N6S/c1-6-7-15-10-8-11(18-12(17-10)14(2,3)4)21-13-19-16-9-20(13)5/h8-9H,6-7H2,1-5H3,(H,15,17,18). The van der Waals surface area contributed by atoms with Gasteiger partial charge >= 0.3 is 0 Å². The molecular weight excluding hydrogens is 284 g/mol. The molecule has 0 spiro atoms. The van der Waals surface area contributed by atoms with E-state index in [9.17, 15) is 0 Å². The lowest BCUT2D eigenvalue weighted by molar-refractivity contribution is 0.539. The highest BCUT2D eigenvalue weighted by Crippen LogP contribution is 2.28. The van der Waals surface area contributed by atoms with Crippen LogP contribution in [0.4, 0.5) is 5.82 Å². The zero-order valence-electron chi connectivity index (χ0n) is 13.2. The summed E-state index contributed by atoms with van der Waals surface area (Å²) in [6.07, 6.45) is 2.74. The molecule has 1 N–H and O–H groups in total. The first-order valence-corrected chi connectivity index (χ1v) is 7.87. The van der Waals surface area contributed by atoms with Gasteiger partial charge in [-0.25, -0.2) is 9.97 Å². The Balaban J connectivity index is 2.33. The first kappa shape index (κ1) is 15.8. The van der Waals surface area contributed by atoms with Gasteiger partial charge in [-0.1, -0.05) is 27.7 Å². The lowest BCUT2D eigenvalue weighted by Gasteiger charge is -2.18. The van der Waals surface area contributed by atoms with Gasteiger partial charge in [0.05, 0.1) is 0 Å². The summed E-state index contributed by atoms with van der Waals surface area (Å²) in [6.45, 7) is 9.37. The molecule has 0 saturated heterocycles. The summed E-state index contributed by atoms with van der Waals surface area (Å²) < 4.78 is 1.88. The van der Waals surface area contributed by atoms with Gasteiger partial charge in [-0.05, 0) is 18.2 Å². The largest absolute Gasteiger partial charge is 0.370 e. The van der Waals surface area contributed by atoms with Gasteiger partial charge in [-0.3, -0.25) is 0 Å². The van der Waals surface area contributed by atoms with Crippen LogP contribution in [0.15, 0.2) is 22.6 Å². The second-order valence-electron chi connectivity index (χ2n) is 5.92. The van der Waals surface area contributed by atoms with E-state index in [-0.39, 0.29) is 5.41 Å². The van der Waals surface area contributed by atoms with Crippen LogP contribution in [0.1, 0.15) is 39.9 Å². The van der Waals surface area contributed by atoms with Crippen LogP contribution < -0.4 is 5.32 Å². The van der Waals surface area contributed by atoms with Crippen molar-refractivity contribution < 1.29 is 0 Å². The molecule has 0 atom stereocenters. The summed E-state index contributed by atoms with van der Waals surface area (Å²) in [4.78, 5) is 9.27. The van der Waals surface area contributed by atoms with Gasteiger partial charge in [0, 0.05) is 25.1 Å². The van der Waals surface area contributed by atoms with E-state index in [1.807, 2.05) is 17.7 Å². The van der Waals surface area contributed by atoms with E-state index in [1.165, 1.54) is 11.8 Å². The molecule has 2 heterocycles. The summed E-state index contributed by atoms with van der Waals surface area (Å²) >= 11 is 1.50. The fourth-order valence-corrected chi connectivity index (χ4v) is 2.38. The number of aryl methyl sites for hydroxylation is 1. The number of aromatic nitrogens is 5. The van der Waals surface area contributed by atoms with Crippen LogP contribution in [0.5, 0.6) is 0 Å². The van der Waals surface area contributed by atoms with Crippen LogP contribution >= 0.6 is 11.8 Å². The Morgan fingerprint density at radius 1 is 1.29 bits per heavy atom. The van der Waals surface area contributed by atoms with E-state index in [0.717, 1.165) is 34.8 Å². The molecule has 0 aliphatic carbocycles. The number of nitrogens with zero attached hydrogens (tertiary/aromatic N) is 5. The van der Waals surface area contributed by atoms with E-state index in [2.05, 4.69) is 53.2 Å². The fraction of sp³-hybridized carbons (Fsp3) is 0.571. The molecular formula is C14H22N6S. The molecule has 2 aromatic rings. The van der Waals surface area contributed by atoms with Crippen molar-refractivity contribution in [2.45, 2.75) is 49.7 Å². The van der Waals surface area contributed by atoms with Gasteiger partial charge in [0.1, 0.15) is 23.0 Å². The summed E-state index contributed by atoms with van der Waals surface area (Å²) in [6, 6.07) is 1.96. The van der Waals surface area contributed by atoms with Crippen LogP contribution in [0, 0.1) is 0 Å². The first-order chi connectivity index (χ1) is 9.90. The summed E-state index contributed by atoms with van der Waals surface area (Å²) in [5, 5.41) is 13.0.